The van der Waals surface area contributed by atoms with E-state index in [2.05, 4.69) is 15.9 Å². The van der Waals surface area contributed by atoms with Crippen molar-refractivity contribution in [2.45, 2.75) is 19.4 Å². The Bertz CT molecular complexity index is 554. The zero-order valence-corrected chi connectivity index (χ0v) is 11.7. The molecule has 0 aliphatic heterocycles. The van der Waals surface area contributed by atoms with Crippen LogP contribution in [0.25, 0.3) is 0 Å². The highest BCUT2D eigenvalue weighted by atomic mass is 79.9. The number of rotatable bonds is 3. The van der Waals surface area contributed by atoms with Crippen LogP contribution < -0.4 is 5.73 Å². The SMILES string of the molecule is Cc1ccc(Br)cc1C(N)Cc1cccc(F)c1. The lowest BCUT2D eigenvalue weighted by molar-refractivity contribution is 0.622. The Kier molecular flexibility index (Phi) is 4.15. The maximum absolute atomic E-state index is 13.1. The second kappa shape index (κ2) is 5.63. The Morgan fingerprint density at radius 1 is 1.22 bits per heavy atom. The summed E-state index contributed by atoms with van der Waals surface area (Å²) < 4.78 is 14.1. The first kappa shape index (κ1) is 13.2. The smallest absolute Gasteiger partial charge is 0.123 e. The van der Waals surface area contributed by atoms with Crippen molar-refractivity contribution < 1.29 is 4.39 Å². The molecule has 0 bridgehead atoms. The van der Waals surface area contributed by atoms with E-state index >= 15 is 0 Å². The lowest BCUT2D eigenvalue weighted by atomic mass is 9.96. The summed E-state index contributed by atoms with van der Waals surface area (Å²) in [5, 5.41) is 0. The number of hydrogen-bond acceptors (Lipinski definition) is 1. The fourth-order valence-electron chi connectivity index (χ4n) is 2.04. The summed E-state index contributed by atoms with van der Waals surface area (Å²) in [5.41, 5.74) is 9.37. The Balaban J connectivity index is 2.21. The number of aryl methyl sites for hydroxylation is 1. The minimum Gasteiger partial charge on any atom is -0.324 e. The monoisotopic (exact) mass is 307 g/mol. The molecule has 1 atom stereocenters. The molecule has 0 aliphatic carbocycles. The molecule has 94 valence electrons. The van der Waals surface area contributed by atoms with E-state index in [9.17, 15) is 4.39 Å². The molecule has 1 unspecified atom stereocenters. The number of benzene rings is 2. The minimum atomic E-state index is -0.217. The van der Waals surface area contributed by atoms with Gasteiger partial charge in [0, 0.05) is 10.5 Å². The van der Waals surface area contributed by atoms with Crippen LogP contribution in [0.5, 0.6) is 0 Å². The molecule has 0 heterocycles. The summed E-state index contributed by atoms with van der Waals surface area (Å²) in [7, 11) is 0. The molecule has 2 N–H and O–H groups in total. The summed E-state index contributed by atoms with van der Waals surface area (Å²) >= 11 is 3.45. The van der Waals surface area contributed by atoms with Crippen LogP contribution in [0, 0.1) is 12.7 Å². The molecule has 2 aromatic carbocycles. The van der Waals surface area contributed by atoms with Crippen LogP contribution in [0.2, 0.25) is 0 Å². The maximum atomic E-state index is 13.1. The molecule has 0 aromatic heterocycles. The van der Waals surface area contributed by atoms with Crippen molar-refractivity contribution in [3.8, 4) is 0 Å². The predicted octanol–water partition coefficient (Wildman–Crippen LogP) is 4.14. The van der Waals surface area contributed by atoms with Crippen molar-refractivity contribution in [1.29, 1.82) is 0 Å². The van der Waals surface area contributed by atoms with Gasteiger partial charge in [0.15, 0.2) is 0 Å². The Labute approximate surface area is 115 Å². The molecular weight excluding hydrogens is 293 g/mol. The number of hydrogen-bond donors (Lipinski definition) is 1. The van der Waals surface area contributed by atoms with Crippen LogP contribution in [0.15, 0.2) is 46.9 Å². The van der Waals surface area contributed by atoms with E-state index in [1.54, 1.807) is 6.07 Å². The lowest BCUT2D eigenvalue weighted by Gasteiger charge is -2.15. The van der Waals surface area contributed by atoms with Crippen LogP contribution in [-0.2, 0) is 6.42 Å². The third-order valence-electron chi connectivity index (χ3n) is 2.99. The van der Waals surface area contributed by atoms with E-state index in [-0.39, 0.29) is 11.9 Å². The lowest BCUT2D eigenvalue weighted by Crippen LogP contribution is -2.14. The van der Waals surface area contributed by atoms with E-state index in [1.165, 1.54) is 12.1 Å². The van der Waals surface area contributed by atoms with Gasteiger partial charge < -0.3 is 5.73 Å². The molecule has 0 saturated heterocycles. The van der Waals surface area contributed by atoms with Gasteiger partial charge in [0.2, 0.25) is 0 Å². The quantitative estimate of drug-likeness (QED) is 0.906. The Hall–Kier alpha value is -1.19. The van der Waals surface area contributed by atoms with Gasteiger partial charge in [0.05, 0.1) is 0 Å². The van der Waals surface area contributed by atoms with E-state index in [1.807, 2.05) is 31.2 Å². The van der Waals surface area contributed by atoms with Crippen LogP contribution in [0.4, 0.5) is 4.39 Å². The molecule has 2 rings (SSSR count). The fraction of sp³-hybridized carbons (Fsp3) is 0.200. The first-order valence-electron chi connectivity index (χ1n) is 5.82. The second-order valence-corrected chi connectivity index (χ2v) is 5.36. The summed E-state index contributed by atoms with van der Waals surface area (Å²) in [6, 6.07) is 12.5. The first-order valence-corrected chi connectivity index (χ1v) is 6.61. The standard InChI is InChI=1S/C15H15BrFN/c1-10-5-6-12(16)9-14(10)15(18)8-11-3-2-4-13(17)7-11/h2-7,9,15H,8,18H2,1H3. The van der Waals surface area contributed by atoms with E-state index in [4.69, 9.17) is 5.73 Å². The van der Waals surface area contributed by atoms with Gasteiger partial charge in [-0.05, 0) is 54.3 Å². The van der Waals surface area contributed by atoms with Crippen molar-refractivity contribution in [2.75, 3.05) is 0 Å². The van der Waals surface area contributed by atoms with Gasteiger partial charge in [-0.3, -0.25) is 0 Å². The molecule has 0 spiro atoms. The highest BCUT2D eigenvalue weighted by molar-refractivity contribution is 9.10. The summed E-state index contributed by atoms with van der Waals surface area (Å²) in [6.07, 6.45) is 0.634. The van der Waals surface area contributed by atoms with Gasteiger partial charge in [-0.1, -0.05) is 34.1 Å². The topological polar surface area (TPSA) is 26.0 Å². The van der Waals surface area contributed by atoms with Crippen molar-refractivity contribution in [1.82, 2.24) is 0 Å². The molecule has 0 aliphatic rings. The summed E-state index contributed by atoms with van der Waals surface area (Å²) in [5.74, 6) is -0.217. The fourth-order valence-corrected chi connectivity index (χ4v) is 2.42. The third-order valence-corrected chi connectivity index (χ3v) is 3.48. The molecule has 1 nitrogen and oxygen atoms in total. The highest BCUT2D eigenvalue weighted by Gasteiger charge is 2.10. The van der Waals surface area contributed by atoms with E-state index in [0.717, 1.165) is 21.2 Å². The van der Waals surface area contributed by atoms with Crippen molar-refractivity contribution in [3.05, 3.63) is 69.4 Å². The van der Waals surface area contributed by atoms with Gasteiger partial charge in [0.1, 0.15) is 5.82 Å². The van der Waals surface area contributed by atoms with Gasteiger partial charge >= 0.3 is 0 Å². The Morgan fingerprint density at radius 2 is 2.00 bits per heavy atom. The summed E-state index contributed by atoms with van der Waals surface area (Å²) in [6.45, 7) is 2.03. The average molecular weight is 308 g/mol. The molecule has 0 radical (unpaired) electrons. The van der Waals surface area contributed by atoms with Gasteiger partial charge in [-0.2, -0.15) is 0 Å². The van der Waals surface area contributed by atoms with Gasteiger partial charge in [0.25, 0.3) is 0 Å². The van der Waals surface area contributed by atoms with Gasteiger partial charge in [-0.15, -0.1) is 0 Å². The number of nitrogens with two attached hydrogens (primary N) is 1. The molecule has 18 heavy (non-hydrogen) atoms. The molecule has 2 aromatic rings. The van der Waals surface area contributed by atoms with Crippen LogP contribution in [0.3, 0.4) is 0 Å². The molecule has 3 heteroatoms. The largest absolute Gasteiger partial charge is 0.324 e. The average Bonchev–Trinajstić information content (AvgIpc) is 2.32. The molecule has 0 saturated carbocycles. The van der Waals surface area contributed by atoms with E-state index < -0.39 is 0 Å². The maximum Gasteiger partial charge on any atom is 0.123 e. The van der Waals surface area contributed by atoms with Gasteiger partial charge in [-0.25, -0.2) is 4.39 Å². The molecular formula is C15H15BrFN. The Morgan fingerprint density at radius 3 is 2.72 bits per heavy atom. The van der Waals surface area contributed by atoms with Crippen molar-refractivity contribution >= 4 is 15.9 Å². The van der Waals surface area contributed by atoms with Crippen molar-refractivity contribution in [2.24, 2.45) is 5.73 Å². The predicted molar refractivity (Wildman–Crippen MR) is 75.9 cm³/mol. The zero-order chi connectivity index (χ0) is 13.1. The third kappa shape index (κ3) is 3.18. The second-order valence-electron chi connectivity index (χ2n) is 4.44. The molecule has 0 fully saturated rings. The number of halogens is 2. The zero-order valence-electron chi connectivity index (χ0n) is 10.2. The van der Waals surface area contributed by atoms with Crippen molar-refractivity contribution in [3.63, 3.8) is 0 Å². The van der Waals surface area contributed by atoms with Crippen LogP contribution in [0.1, 0.15) is 22.7 Å². The minimum absolute atomic E-state index is 0.121. The van der Waals surface area contributed by atoms with E-state index in [0.29, 0.717) is 6.42 Å². The molecule has 0 amide bonds. The first-order chi connectivity index (χ1) is 8.56. The highest BCUT2D eigenvalue weighted by Crippen LogP contribution is 2.23. The van der Waals surface area contributed by atoms with Crippen LogP contribution in [-0.4, -0.2) is 0 Å². The summed E-state index contributed by atoms with van der Waals surface area (Å²) in [4.78, 5) is 0. The van der Waals surface area contributed by atoms with Crippen LogP contribution >= 0.6 is 15.9 Å². The normalized spacial score (nSPS) is 12.4.